The monoisotopic (exact) mass is 307 g/mol. The second-order valence-electron chi connectivity index (χ2n) is 4.23. The summed E-state index contributed by atoms with van der Waals surface area (Å²) in [6.45, 7) is 0. The number of sulfone groups is 1. The zero-order chi connectivity index (χ0) is 13.3. The maximum Gasteiger partial charge on any atom is 0.251 e. The molecule has 1 amide bonds. The molecule has 0 saturated carbocycles. The molecule has 1 atom stereocenters. The number of hydrogen-bond acceptors (Lipinski definition) is 3. The van der Waals surface area contributed by atoms with Crippen molar-refractivity contribution in [1.82, 2.24) is 5.32 Å². The smallest absolute Gasteiger partial charge is 0.251 e. The predicted octanol–water partition coefficient (Wildman–Crippen LogP) is 1.91. The summed E-state index contributed by atoms with van der Waals surface area (Å²) in [5.41, 5.74) is 0.330. The van der Waals surface area contributed by atoms with Gasteiger partial charge in [0.2, 0.25) is 0 Å². The van der Waals surface area contributed by atoms with E-state index in [1.54, 1.807) is 0 Å². The molecule has 18 heavy (non-hydrogen) atoms. The van der Waals surface area contributed by atoms with Gasteiger partial charge in [0.05, 0.1) is 11.5 Å². The van der Waals surface area contributed by atoms with Crippen molar-refractivity contribution in [2.75, 3.05) is 11.5 Å². The first-order valence-corrected chi connectivity index (χ1v) is 7.91. The molecule has 1 aliphatic rings. The van der Waals surface area contributed by atoms with Gasteiger partial charge in [0.25, 0.3) is 5.91 Å². The number of benzene rings is 1. The molecule has 1 fully saturated rings. The molecular formula is C11H11Cl2NO3S. The number of carbonyl (C=O) groups excluding carboxylic acids is 1. The highest BCUT2D eigenvalue weighted by molar-refractivity contribution is 7.91. The number of halogens is 2. The summed E-state index contributed by atoms with van der Waals surface area (Å²) in [4.78, 5) is 11.9. The maximum absolute atomic E-state index is 11.9. The van der Waals surface area contributed by atoms with Crippen LogP contribution in [0.15, 0.2) is 18.2 Å². The molecule has 1 unspecified atom stereocenters. The number of hydrogen-bond donors (Lipinski definition) is 1. The molecule has 1 aromatic rings. The summed E-state index contributed by atoms with van der Waals surface area (Å²) in [5.74, 6) is -0.247. The number of amides is 1. The van der Waals surface area contributed by atoms with Gasteiger partial charge < -0.3 is 5.32 Å². The molecule has 0 bridgehead atoms. The van der Waals surface area contributed by atoms with E-state index in [1.165, 1.54) is 18.2 Å². The van der Waals surface area contributed by atoms with Gasteiger partial charge in [0.15, 0.2) is 9.84 Å². The van der Waals surface area contributed by atoms with Gasteiger partial charge >= 0.3 is 0 Å². The van der Waals surface area contributed by atoms with Gasteiger partial charge in [0.1, 0.15) is 0 Å². The molecule has 1 aromatic carbocycles. The van der Waals surface area contributed by atoms with E-state index in [1.807, 2.05) is 0 Å². The van der Waals surface area contributed by atoms with Crippen molar-refractivity contribution in [3.63, 3.8) is 0 Å². The van der Waals surface area contributed by atoms with E-state index in [0.717, 1.165) is 0 Å². The average molecular weight is 308 g/mol. The Kier molecular flexibility index (Phi) is 3.84. The SMILES string of the molecule is O=C(NC1CCS(=O)(=O)C1)c1cc(Cl)cc(Cl)c1. The fourth-order valence-corrected chi connectivity index (χ4v) is 4.06. The Bertz CT molecular complexity index is 566. The van der Waals surface area contributed by atoms with Crippen LogP contribution >= 0.6 is 23.2 Å². The van der Waals surface area contributed by atoms with Crippen molar-refractivity contribution >= 4 is 38.9 Å². The summed E-state index contributed by atoms with van der Waals surface area (Å²) < 4.78 is 22.5. The molecule has 98 valence electrons. The Labute approximate surface area is 115 Å². The largest absolute Gasteiger partial charge is 0.348 e. The van der Waals surface area contributed by atoms with Gasteiger partial charge in [-0.05, 0) is 24.6 Å². The summed E-state index contributed by atoms with van der Waals surface area (Å²) >= 11 is 11.6. The van der Waals surface area contributed by atoms with Crippen LogP contribution in [0, 0.1) is 0 Å². The quantitative estimate of drug-likeness (QED) is 0.908. The second kappa shape index (κ2) is 5.07. The van der Waals surface area contributed by atoms with E-state index < -0.39 is 9.84 Å². The van der Waals surface area contributed by atoms with Crippen LogP contribution < -0.4 is 5.32 Å². The average Bonchev–Trinajstić information content (AvgIpc) is 2.56. The standard InChI is InChI=1S/C11H11Cl2NO3S/c12-8-3-7(4-9(13)5-8)11(15)14-10-1-2-18(16,17)6-10/h3-5,10H,1-2,6H2,(H,14,15). The molecule has 0 spiro atoms. The Balaban J connectivity index is 2.08. The molecule has 1 saturated heterocycles. The predicted molar refractivity (Wildman–Crippen MR) is 71.0 cm³/mol. The minimum absolute atomic E-state index is 0.00691. The van der Waals surface area contributed by atoms with Crippen LogP contribution in [-0.2, 0) is 9.84 Å². The first-order chi connectivity index (χ1) is 8.35. The van der Waals surface area contributed by atoms with E-state index in [0.29, 0.717) is 22.0 Å². The van der Waals surface area contributed by atoms with E-state index in [-0.39, 0.29) is 23.5 Å². The number of carbonyl (C=O) groups is 1. The molecule has 0 aliphatic carbocycles. The van der Waals surface area contributed by atoms with Crippen molar-refractivity contribution in [2.45, 2.75) is 12.5 Å². The molecule has 7 heteroatoms. The van der Waals surface area contributed by atoms with Gasteiger partial charge in [-0.15, -0.1) is 0 Å². The third kappa shape index (κ3) is 3.37. The van der Waals surface area contributed by atoms with Gasteiger partial charge in [-0.25, -0.2) is 8.42 Å². The normalized spacial score (nSPS) is 21.8. The second-order valence-corrected chi connectivity index (χ2v) is 7.33. The van der Waals surface area contributed by atoms with Crippen molar-refractivity contribution in [3.05, 3.63) is 33.8 Å². The van der Waals surface area contributed by atoms with Crippen LogP contribution in [0.4, 0.5) is 0 Å². The first kappa shape index (κ1) is 13.6. The van der Waals surface area contributed by atoms with Crippen molar-refractivity contribution in [3.8, 4) is 0 Å². The molecule has 4 nitrogen and oxygen atoms in total. The van der Waals surface area contributed by atoms with Crippen molar-refractivity contribution < 1.29 is 13.2 Å². The van der Waals surface area contributed by atoms with Crippen LogP contribution in [0.1, 0.15) is 16.8 Å². The topological polar surface area (TPSA) is 63.2 Å². The van der Waals surface area contributed by atoms with Crippen LogP contribution in [0.25, 0.3) is 0 Å². The highest BCUT2D eigenvalue weighted by Crippen LogP contribution is 2.19. The van der Waals surface area contributed by atoms with Crippen LogP contribution in [0.5, 0.6) is 0 Å². The van der Waals surface area contributed by atoms with Crippen molar-refractivity contribution in [2.24, 2.45) is 0 Å². The highest BCUT2D eigenvalue weighted by atomic mass is 35.5. The third-order valence-corrected chi connectivity index (χ3v) is 4.90. The lowest BCUT2D eigenvalue weighted by molar-refractivity contribution is 0.0941. The van der Waals surface area contributed by atoms with E-state index in [9.17, 15) is 13.2 Å². The summed E-state index contributed by atoms with van der Waals surface area (Å²) in [6, 6.07) is 4.18. The van der Waals surface area contributed by atoms with Gasteiger partial charge in [-0.3, -0.25) is 4.79 Å². The van der Waals surface area contributed by atoms with Crippen LogP contribution in [0.2, 0.25) is 10.0 Å². The summed E-state index contributed by atoms with van der Waals surface area (Å²) in [5, 5.41) is 3.40. The Morgan fingerprint density at radius 1 is 1.22 bits per heavy atom. The minimum atomic E-state index is -3.01. The Morgan fingerprint density at radius 2 is 1.83 bits per heavy atom. The first-order valence-electron chi connectivity index (χ1n) is 5.33. The van der Waals surface area contributed by atoms with Crippen LogP contribution in [-0.4, -0.2) is 31.9 Å². The number of nitrogens with one attached hydrogen (secondary N) is 1. The molecule has 0 radical (unpaired) electrons. The van der Waals surface area contributed by atoms with E-state index in [4.69, 9.17) is 23.2 Å². The maximum atomic E-state index is 11.9. The fraction of sp³-hybridized carbons (Fsp3) is 0.364. The molecule has 2 rings (SSSR count). The molecular weight excluding hydrogens is 297 g/mol. The zero-order valence-electron chi connectivity index (χ0n) is 9.32. The highest BCUT2D eigenvalue weighted by Gasteiger charge is 2.29. The lowest BCUT2D eigenvalue weighted by Crippen LogP contribution is -2.35. The van der Waals surface area contributed by atoms with Gasteiger partial charge in [0, 0.05) is 21.7 Å². The number of rotatable bonds is 2. The van der Waals surface area contributed by atoms with Crippen molar-refractivity contribution in [1.29, 1.82) is 0 Å². The molecule has 1 heterocycles. The summed E-state index contributed by atoms with van der Waals surface area (Å²) in [6.07, 6.45) is 0.447. The van der Waals surface area contributed by atoms with Gasteiger partial charge in [-0.2, -0.15) is 0 Å². The Hall–Kier alpha value is -0.780. The minimum Gasteiger partial charge on any atom is -0.348 e. The van der Waals surface area contributed by atoms with Gasteiger partial charge in [-0.1, -0.05) is 23.2 Å². The van der Waals surface area contributed by atoms with Crippen LogP contribution in [0.3, 0.4) is 0 Å². The molecule has 1 N–H and O–H groups in total. The Morgan fingerprint density at radius 3 is 2.33 bits per heavy atom. The third-order valence-electron chi connectivity index (χ3n) is 2.69. The lowest BCUT2D eigenvalue weighted by Gasteiger charge is -2.11. The molecule has 0 aromatic heterocycles. The summed E-state index contributed by atoms with van der Waals surface area (Å²) in [7, 11) is -3.01. The molecule has 1 aliphatic heterocycles. The fourth-order valence-electron chi connectivity index (χ4n) is 1.86. The van der Waals surface area contributed by atoms with E-state index in [2.05, 4.69) is 5.32 Å². The van der Waals surface area contributed by atoms with E-state index >= 15 is 0 Å². The lowest BCUT2D eigenvalue weighted by atomic mass is 10.2. The zero-order valence-corrected chi connectivity index (χ0v) is 11.6.